The quantitative estimate of drug-likeness (QED) is 0.0222. The Bertz CT molecular complexity index is 1980. The first-order valence-electron chi connectivity index (χ1n) is 43.5. The van der Waals surface area contributed by atoms with E-state index in [1.54, 1.807) is 0 Å². The lowest BCUT2D eigenvalue weighted by molar-refractivity contribution is -0.161. The highest BCUT2D eigenvalue weighted by atomic mass is 31.2. The van der Waals surface area contributed by atoms with Gasteiger partial charge in [0.2, 0.25) is 0 Å². The molecule has 0 aromatic carbocycles. The zero-order chi connectivity index (χ0) is 75.6. The zero-order valence-corrected chi connectivity index (χ0v) is 69.4. The van der Waals surface area contributed by atoms with Crippen LogP contribution < -0.4 is 0 Å². The Balaban J connectivity index is 5.18. The monoisotopic (exact) mass is 1510 g/mol. The van der Waals surface area contributed by atoms with E-state index < -0.39 is 97.5 Å². The van der Waals surface area contributed by atoms with Crippen molar-refractivity contribution >= 4 is 39.5 Å². The van der Waals surface area contributed by atoms with Crippen molar-refractivity contribution in [2.75, 3.05) is 39.6 Å². The molecule has 0 aliphatic heterocycles. The predicted octanol–water partition coefficient (Wildman–Crippen LogP) is 25.5. The van der Waals surface area contributed by atoms with Gasteiger partial charge in [-0.25, -0.2) is 9.13 Å². The van der Waals surface area contributed by atoms with Gasteiger partial charge < -0.3 is 33.8 Å². The molecule has 0 radical (unpaired) electrons. The zero-order valence-electron chi connectivity index (χ0n) is 67.6. The van der Waals surface area contributed by atoms with Gasteiger partial charge in [0, 0.05) is 25.7 Å². The Labute approximate surface area is 632 Å². The third-order valence-corrected chi connectivity index (χ3v) is 21.6. The second-order valence-electron chi connectivity index (χ2n) is 31.2. The molecule has 612 valence electrons. The number of carbonyl (C=O) groups is 4. The van der Waals surface area contributed by atoms with Gasteiger partial charge in [0.05, 0.1) is 26.4 Å². The van der Waals surface area contributed by atoms with Gasteiger partial charge >= 0.3 is 39.5 Å². The second kappa shape index (κ2) is 75.5. The van der Waals surface area contributed by atoms with Crippen LogP contribution in [0.1, 0.15) is 446 Å². The van der Waals surface area contributed by atoms with Crippen molar-refractivity contribution in [2.24, 2.45) is 11.8 Å². The molecule has 0 bridgehead atoms. The van der Waals surface area contributed by atoms with Crippen LogP contribution in [0.25, 0.3) is 0 Å². The van der Waals surface area contributed by atoms with Crippen LogP contribution in [0.15, 0.2) is 0 Å². The van der Waals surface area contributed by atoms with Crippen molar-refractivity contribution in [2.45, 2.75) is 464 Å². The number of rotatable bonds is 83. The SMILES string of the molecule is CCCCCCCCCCCCCCCCCCCCCCCCC(=O)O[C@H](COC(=O)CCCCCCCCCCCCCCCCC(C)C)COP(=O)(O)OC[C@@H](O)COP(=O)(O)OC[C@@H](COC(=O)CCCCCCCCCC)OC(=O)CCCCCCCCCCCCCCCC(C)C. The summed E-state index contributed by atoms with van der Waals surface area (Å²) in [5, 5.41) is 10.6. The van der Waals surface area contributed by atoms with E-state index >= 15 is 0 Å². The van der Waals surface area contributed by atoms with Crippen LogP contribution in [-0.2, 0) is 65.4 Å². The maximum absolute atomic E-state index is 13.1. The molecule has 0 aromatic rings. The molecule has 3 N–H and O–H groups in total. The fraction of sp³-hybridized carbons (Fsp3) is 0.952. The summed E-state index contributed by atoms with van der Waals surface area (Å²) in [5.41, 5.74) is 0. The molecule has 0 aliphatic rings. The minimum Gasteiger partial charge on any atom is -0.462 e. The molecule has 0 aliphatic carbocycles. The molecule has 19 heteroatoms. The van der Waals surface area contributed by atoms with E-state index in [-0.39, 0.29) is 25.7 Å². The number of carbonyl (C=O) groups excluding carboxylic acids is 4. The number of aliphatic hydroxyl groups excluding tert-OH is 1. The van der Waals surface area contributed by atoms with Gasteiger partial charge in [0.15, 0.2) is 12.2 Å². The molecule has 0 amide bonds. The van der Waals surface area contributed by atoms with E-state index in [1.807, 2.05) is 0 Å². The molecular weight excluding hydrogens is 1340 g/mol. The standard InChI is InChI=1S/C84H164O17P2/c1-7-9-11-13-15-17-18-19-20-21-22-23-24-25-26-27-34-39-44-50-56-62-68-84(89)101-80(73-95-82(87)67-61-55-49-43-38-33-29-28-31-36-41-46-52-58-64-76(3)4)75-99-103(92,93)97-71-78(85)70-96-102(90,91)98-74-79(72-94-81(86)66-60-54-48-16-14-12-10-8-2)100-83(88)69-63-57-51-45-40-35-30-32-37-42-47-53-59-65-77(5)6/h76-80,85H,7-75H2,1-6H3,(H,90,91)(H,92,93)/t78-,79+,80+/m0/s1. The maximum Gasteiger partial charge on any atom is 0.472 e. The number of phosphoric ester groups is 2. The number of phosphoric acid groups is 2. The van der Waals surface area contributed by atoms with E-state index in [1.165, 1.54) is 257 Å². The molecule has 0 rings (SSSR count). The average molecular weight is 1510 g/mol. The van der Waals surface area contributed by atoms with Crippen molar-refractivity contribution in [3.8, 4) is 0 Å². The van der Waals surface area contributed by atoms with Gasteiger partial charge in [-0.2, -0.15) is 0 Å². The Morgan fingerprint density at radius 2 is 0.447 bits per heavy atom. The molecule has 0 heterocycles. The summed E-state index contributed by atoms with van der Waals surface area (Å²) < 4.78 is 68.7. The lowest BCUT2D eigenvalue weighted by Gasteiger charge is -2.21. The van der Waals surface area contributed by atoms with Gasteiger partial charge in [-0.1, -0.05) is 395 Å². The fourth-order valence-electron chi connectivity index (χ4n) is 13.1. The van der Waals surface area contributed by atoms with Gasteiger partial charge in [-0.05, 0) is 37.5 Å². The Morgan fingerprint density at radius 1 is 0.262 bits per heavy atom. The number of ether oxygens (including phenoxy) is 4. The average Bonchev–Trinajstić information content (AvgIpc) is 0.911. The molecule has 2 unspecified atom stereocenters. The largest absolute Gasteiger partial charge is 0.472 e. The third-order valence-electron chi connectivity index (χ3n) is 19.7. The number of unbranched alkanes of at least 4 members (excludes halogenated alkanes) is 53. The van der Waals surface area contributed by atoms with Crippen LogP contribution in [0.3, 0.4) is 0 Å². The lowest BCUT2D eigenvalue weighted by atomic mass is 10.0. The molecule has 0 saturated heterocycles. The highest BCUT2D eigenvalue weighted by Crippen LogP contribution is 2.45. The van der Waals surface area contributed by atoms with E-state index in [0.29, 0.717) is 25.7 Å². The second-order valence-corrected chi connectivity index (χ2v) is 34.1. The van der Waals surface area contributed by atoms with Crippen molar-refractivity contribution in [1.29, 1.82) is 0 Å². The summed E-state index contributed by atoms with van der Waals surface area (Å²) in [6.07, 6.45) is 66.8. The summed E-state index contributed by atoms with van der Waals surface area (Å²) in [7, 11) is -9.92. The smallest absolute Gasteiger partial charge is 0.462 e. The predicted molar refractivity (Wildman–Crippen MR) is 423 cm³/mol. The molecule has 0 fully saturated rings. The molecule has 103 heavy (non-hydrogen) atoms. The highest BCUT2D eigenvalue weighted by molar-refractivity contribution is 7.47. The topological polar surface area (TPSA) is 237 Å². The number of aliphatic hydroxyl groups is 1. The molecule has 0 spiro atoms. The molecule has 5 atom stereocenters. The first-order chi connectivity index (χ1) is 49.9. The van der Waals surface area contributed by atoms with Crippen molar-refractivity contribution in [1.82, 2.24) is 0 Å². The Morgan fingerprint density at radius 3 is 0.660 bits per heavy atom. The molecule has 0 aromatic heterocycles. The van der Waals surface area contributed by atoms with E-state index in [0.717, 1.165) is 108 Å². The summed E-state index contributed by atoms with van der Waals surface area (Å²) in [4.78, 5) is 73.0. The van der Waals surface area contributed by atoms with Crippen LogP contribution in [0.2, 0.25) is 0 Å². The Kier molecular flexibility index (Phi) is 74.1. The van der Waals surface area contributed by atoms with Gasteiger partial charge in [0.1, 0.15) is 19.3 Å². The minimum absolute atomic E-state index is 0.107. The summed E-state index contributed by atoms with van der Waals surface area (Å²) in [6.45, 7) is 9.66. The molecular formula is C84H164O17P2. The highest BCUT2D eigenvalue weighted by Gasteiger charge is 2.30. The van der Waals surface area contributed by atoms with Crippen molar-refractivity contribution in [3.05, 3.63) is 0 Å². The lowest BCUT2D eigenvalue weighted by Crippen LogP contribution is -2.30. The Hall–Kier alpha value is -1.94. The van der Waals surface area contributed by atoms with Gasteiger partial charge in [-0.15, -0.1) is 0 Å². The summed E-state index contributed by atoms with van der Waals surface area (Å²) >= 11 is 0. The van der Waals surface area contributed by atoms with Crippen LogP contribution in [0.4, 0.5) is 0 Å². The third kappa shape index (κ3) is 78.0. The number of hydrogen-bond donors (Lipinski definition) is 3. The van der Waals surface area contributed by atoms with Crippen LogP contribution in [-0.4, -0.2) is 96.7 Å². The van der Waals surface area contributed by atoms with E-state index in [4.69, 9.17) is 37.0 Å². The summed E-state index contributed by atoms with van der Waals surface area (Å²) in [6, 6.07) is 0. The fourth-order valence-corrected chi connectivity index (χ4v) is 14.6. The van der Waals surface area contributed by atoms with Crippen LogP contribution in [0.5, 0.6) is 0 Å². The first kappa shape index (κ1) is 101. The normalized spacial score (nSPS) is 13.9. The van der Waals surface area contributed by atoms with Crippen LogP contribution >= 0.6 is 15.6 Å². The van der Waals surface area contributed by atoms with Crippen molar-refractivity contribution in [3.63, 3.8) is 0 Å². The van der Waals surface area contributed by atoms with E-state index in [2.05, 4.69) is 41.5 Å². The van der Waals surface area contributed by atoms with E-state index in [9.17, 15) is 43.2 Å². The summed E-state index contributed by atoms with van der Waals surface area (Å²) in [5.74, 6) is -0.522. The minimum atomic E-state index is -4.96. The number of esters is 4. The maximum atomic E-state index is 13.1. The van der Waals surface area contributed by atoms with Gasteiger partial charge in [-0.3, -0.25) is 37.3 Å². The first-order valence-corrected chi connectivity index (χ1v) is 46.5. The van der Waals surface area contributed by atoms with Crippen molar-refractivity contribution < 1.29 is 80.2 Å². The van der Waals surface area contributed by atoms with Crippen LogP contribution in [0, 0.1) is 11.8 Å². The van der Waals surface area contributed by atoms with Gasteiger partial charge in [0.25, 0.3) is 0 Å². The molecule has 17 nitrogen and oxygen atoms in total. The molecule has 0 saturated carbocycles. The number of hydrogen-bond acceptors (Lipinski definition) is 15.